The normalized spacial score (nSPS) is 23.1. The standard InChI is InChI=1S/C13H26O3/c1-3-5-6-11(4-2)7-12(14)8-15-9-13-10-16-13/h11-14H,3-10H2,1-2H3. The van der Waals surface area contributed by atoms with Crippen LogP contribution in [0, 0.1) is 5.92 Å². The first-order valence-electron chi connectivity index (χ1n) is 6.63. The molecule has 3 heteroatoms. The average Bonchev–Trinajstić information content (AvgIpc) is 3.08. The Morgan fingerprint density at radius 2 is 2.19 bits per heavy atom. The van der Waals surface area contributed by atoms with Crippen molar-refractivity contribution in [2.45, 2.75) is 58.2 Å². The van der Waals surface area contributed by atoms with Gasteiger partial charge >= 0.3 is 0 Å². The molecule has 1 heterocycles. The summed E-state index contributed by atoms with van der Waals surface area (Å²) in [6.07, 6.45) is 5.76. The van der Waals surface area contributed by atoms with Crippen LogP contribution >= 0.6 is 0 Å². The molecule has 0 spiro atoms. The van der Waals surface area contributed by atoms with Crippen molar-refractivity contribution in [3.63, 3.8) is 0 Å². The number of rotatable bonds is 10. The molecule has 96 valence electrons. The molecule has 0 aromatic heterocycles. The smallest absolute Gasteiger partial charge is 0.104 e. The number of unbranched alkanes of at least 4 members (excludes halogenated alkanes) is 1. The topological polar surface area (TPSA) is 42.0 Å². The van der Waals surface area contributed by atoms with Gasteiger partial charge in [-0.15, -0.1) is 0 Å². The Balaban J connectivity index is 2.01. The number of ether oxygens (including phenoxy) is 2. The lowest BCUT2D eigenvalue weighted by Gasteiger charge is -2.18. The molecular weight excluding hydrogens is 204 g/mol. The van der Waals surface area contributed by atoms with Gasteiger partial charge in [-0.2, -0.15) is 0 Å². The van der Waals surface area contributed by atoms with Crippen molar-refractivity contribution in [2.75, 3.05) is 19.8 Å². The molecule has 0 aromatic carbocycles. The molecule has 0 radical (unpaired) electrons. The summed E-state index contributed by atoms with van der Waals surface area (Å²) in [5.41, 5.74) is 0. The number of aliphatic hydroxyl groups excluding tert-OH is 1. The van der Waals surface area contributed by atoms with E-state index in [2.05, 4.69) is 13.8 Å². The van der Waals surface area contributed by atoms with Crippen molar-refractivity contribution in [1.82, 2.24) is 0 Å². The lowest BCUT2D eigenvalue weighted by molar-refractivity contribution is 0.0176. The number of aliphatic hydroxyl groups is 1. The maximum Gasteiger partial charge on any atom is 0.104 e. The fourth-order valence-corrected chi connectivity index (χ4v) is 1.93. The Kier molecular flexibility index (Phi) is 7.01. The van der Waals surface area contributed by atoms with Gasteiger partial charge in [-0.3, -0.25) is 0 Å². The van der Waals surface area contributed by atoms with Gasteiger partial charge in [0, 0.05) is 0 Å². The van der Waals surface area contributed by atoms with Gasteiger partial charge < -0.3 is 14.6 Å². The molecule has 1 N–H and O–H groups in total. The molecule has 1 aliphatic rings. The van der Waals surface area contributed by atoms with Gasteiger partial charge in [-0.05, 0) is 12.3 Å². The molecule has 3 atom stereocenters. The monoisotopic (exact) mass is 230 g/mol. The summed E-state index contributed by atoms with van der Waals surface area (Å²) in [5, 5.41) is 9.82. The summed E-state index contributed by atoms with van der Waals surface area (Å²) < 4.78 is 10.4. The summed E-state index contributed by atoms with van der Waals surface area (Å²) >= 11 is 0. The molecule has 1 rings (SSSR count). The first kappa shape index (κ1) is 13.9. The fraction of sp³-hybridized carbons (Fsp3) is 1.00. The van der Waals surface area contributed by atoms with Crippen LogP contribution in [0.2, 0.25) is 0 Å². The lowest BCUT2D eigenvalue weighted by atomic mass is 9.93. The first-order chi connectivity index (χ1) is 7.76. The van der Waals surface area contributed by atoms with E-state index in [-0.39, 0.29) is 6.10 Å². The second kappa shape index (κ2) is 8.04. The van der Waals surface area contributed by atoms with Crippen molar-refractivity contribution >= 4 is 0 Å². The van der Waals surface area contributed by atoms with E-state index in [1.54, 1.807) is 0 Å². The van der Waals surface area contributed by atoms with E-state index in [9.17, 15) is 5.11 Å². The van der Waals surface area contributed by atoms with Gasteiger partial charge in [0.2, 0.25) is 0 Å². The van der Waals surface area contributed by atoms with Gasteiger partial charge in [-0.25, -0.2) is 0 Å². The molecule has 3 nitrogen and oxygen atoms in total. The van der Waals surface area contributed by atoms with Gasteiger partial charge in [0.15, 0.2) is 0 Å². The maximum atomic E-state index is 9.82. The Bertz CT molecular complexity index is 169. The summed E-state index contributed by atoms with van der Waals surface area (Å²) in [4.78, 5) is 0. The van der Waals surface area contributed by atoms with Gasteiger partial charge in [0.05, 0.1) is 25.9 Å². The van der Waals surface area contributed by atoms with Crippen LogP contribution in [-0.2, 0) is 9.47 Å². The van der Waals surface area contributed by atoms with E-state index < -0.39 is 0 Å². The molecule has 16 heavy (non-hydrogen) atoms. The van der Waals surface area contributed by atoms with E-state index >= 15 is 0 Å². The fourth-order valence-electron chi connectivity index (χ4n) is 1.93. The zero-order valence-corrected chi connectivity index (χ0v) is 10.7. The second-order valence-corrected chi connectivity index (χ2v) is 4.80. The minimum atomic E-state index is -0.305. The zero-order chi connectivity index (χ0) is 11.8. The highest BCUT2D eigenvalue weighted by Gasteiger charge is 2.23. The van der Waals surface area contributed by atoms with Crippen LogP contribution in [0.1, 0.15) is 46.0 Å². The van der Waals surface area contributed by atoms with Crippen molar-refractivity contribution in [3.8, 4) is 0 Å². The minimum absolute atomic E-state index is 0.300. The lowest BCUT2D eigenvalue weighted by Crippen LogP contribution is -2.20. The van der Waals surface area contributed by atoms with E-state index in [1.807, 2.05) is 0 Å². The molecule has 1 fully saturated rings. The van der Waals surface area contributed by atoms with Crippen molar-refractivity contribution < 1.29 is 14.6 Å². The van der Waals surface area contributed by atoms with E-state index in [4.69, 9.17) is 9.47 Å². The Morgan fingerprint density at radius 3 is 2.75 bits per heavy atom. The Morgan fingerprint density at radius 1 is 1.44 bits per heavy atom. The second-order valence-electron chi connectivity index (χ2n) is 4.80. The van der Waals surface area contributed by atoms with Crippen molar-refractivity contribution in [2.24, 2.45) is 5.92 Å². The average molecular weight is 230 g/mol. The van der Waals surface area contributed by atoms with E-state index in [0.717, 1.165) is 19.4 Å². The predicted octanol–water partition coefficient (Wildman–Crippen LogP) is 2.37. The summed E-state index contributed by atoms with van der Waals surface area (Å²) in [6.45, 7) is 6.34. The Hall–Kier alpha value is -0.120. The van der Waals surface area contributed by atoms with Crippen LogP contribution in [0.4, 0.5) is 0 Å². The third-order valence-electron chi connectivity index (χ3n) is 3.17. The first-order valence-corrected chi connectivity index (χ1v) is 6.63. The van der Waals surface area contributed by atoms with E-state index in [0.29, 0.717) is 25.2 Å². The van der Waals surface area contributed by atoms with Crippen LogP contribution < -0.4 is 0 Å². The van der Waals surface area contributed by atoms with Crippen LogP contribution in [-0.4, -0.2) is 37.1 Å². The number of hydrogen-bond donors (Lipinski definition) is 1. The highest BCUT2D eigenvalue weighted by molar-refractivity contribution is 4.69. The van der Waals surface area contributed by atoms with Crippen LogP contribution in [0.15, 0.2) is 0 Å². The summed E-state index contributed by atoms with van der Waals surface area (Å²) in [6, 6.07) is 0. The molecule has 1 saturated heterocycles. The predicted molar refractivity (Wildman–Crippen MR) is 64.5 cm³/mol. The van der Waals surface area contributed by atoms with Gasteiger partial charge in [-0.1, -0.05) is 39.5 Å². The minimum Gasteiger partial charge on any atom is -0.391 e. The van der Waals surface area contributed by atoms with Crippen molar-refractivity contribution in [1.29, 1.82) is 0 Å². The van der Waals surface area contributed by atoms with Crippen LogP contribution in [0.25, 0.3) is 0 Å². The molecule has 0 aromatic rings. The summed E-state index contributed by atoms with van der Waals surface area (Å²) in [5.74, 6) is 0.649. The van der Waals surface area contributed by atoms with Crippen molar-refractivity contribution in [3.05, 3.63) is 0 Å². The zero-order valence-electron chi connectivity index (χ0n) is 10.7. The third-order valence-corrected chi connectivity index (χ3v) is 3.17. The maximum absolute atomic E-state index is 9.82. The largest absolute Gasteiger partial charge is 0.391 e. The highest BCUT2D eigenvalue weighted by Crippen LogP contribution is 2.19. The molecule has 1 aliphatic heterocycles. The highest BCUT2D eigenvalue weighted by atomic mass is 16.6. The quantitative estimate of drug-likeness (QED) is 0.586. The Labute approximate surface area is 99.1 Å². The molecular formula is C13H26O3. The SMILES string of the molecule is CCCCC(CC)CC(O)COCC1CO1. The van der Waals surface area contributed by atoms with Gasteiger partial charge in [0.25, 0.3) is 0 Å². The van der Waals surface area contributed by atoms with Gasteiger partial charge in [0.1, 0.15) is 6.10 Å². The third kappa shape index (κ3) is 6.46. The summed E-state index contributed by atoms with van der Waals surface area (Å²) in [7, 11) is 0. The van der Waals surface area contributed by atoms with Crippen LogP contribution in [0.5, 0.6) is 0 Å². The molecule has 0 bridgehead atoms. The van der Waals surface area contributed by atoms with Crippen LogP contribution in [0.3, 0.4) is 0 Å². The molecule has 0 saturated carbocycles. The molecule has 0 amide bonds. The molecule has 3 unspecified atom stereocenters. The number of epoxide rings is 1. The van der Waals surface area contributed by atoms with E-state index in [1.165, 1.54) is 19.3 Å². The number of hydrogen-bond acceptors (Lipinski definition) is 3. The molecule has 0 aliphatic carbocycles.